The number of rotatable bonds is 6. The average Bonchev–Trinajstić information content (AvgIpc) is 3.29. The predicted molar refractivity (Wildman–Crippen MR) is 113 cm³/mol. The quantitative estimate of drug-likeness (QED) is 0.522. The van der Waals surface area contributed by atoms with Gasteiger partial charge in [0.1, 0.15) is 50.0 Å². The van der Waals surface area contributed by atoms with Crippen molar-refractivity contribution in [2.45, 2.75) is 27.3 Å². The van der Waals surface area contributed by atoms with Crippen molar-refractivity contribution in [3.05, 3.63) is 59.1 Å². The molecule has 3 heterocycles. The molecule has 3 N–H and O–H groups in total. The molecule has 0 spiro atoms. The third-order valence-electron chi connectivity index (χ3n) is 5.56. The zero-order chi connectivity index (χ0) is 21.1. The van der Waals surface area contributed by atoms with Crippen LogP contribution in [0, 0.1) is 20.8 Å². The first kappa shape index (κ1) is 20.3. The fraction of sp³-hybridized carbons (Fsp3) is 0.409. The number of amides is 1. The number of piperazine rings is 1. The van der Waals surface area contributed by atoms with Gasteiger partial charge in [-0.2, -0.15) is 5.10 Å². The first-order valence-corrected chi connectivity index (χ1v) is 10.5. The Balaban J connectivity index is 1.31. The van der Waals surface area contributed by atoms with E-state index in [-0.39, 0.29) is 5.91 Å². The Hall–Kier alpha value is -2.97. The van der Waals surface area contributed by atoms with Crippen LogP contribution in [-0.2, 0) is 11.3 Å². The molecule has 0 saturated carbocycles. The van der Waals surface area contributed by atoms with Crippen LogP contribution in [0.5, 0.6) is 0 Å². The van der Waals surface area contributed by atoms with Crippen molar-refractivity contribution in [1.29, 1.82) is 0 Å². The lowest BCUT2D eigenvalue weighted by Crippen LogP contribution is -3.28. The first-order chi connectivity index (χ1) is 14.5. The normalized spacial score (nSPS) is 19.0. The van der Waals surface area contributed by atoms with Crippen LogP contribution in [0.25, 0.3) is 5.69 Å². The standard InChI is InChI=1S/C22H28N6O2/c1-16-4-6-20(7-5-16)28-21(12-17(2)24-28)23-22(29)15-27-10-8-26(9-11-27)14-19-13-18(3)30-25-19/h4-7,12-13H,8-11,14-15H2,1-3H3,(H,23,29)/p+2. The molecule has 3 aromatic rings. The second-order valence-electron chi connectivity index (χ2n) is 8.25. The highest BCUT2D eigenvalue weighted by molar-refractivity contribution is 5.91. The number of hydrogen-bond acceptors (Lipinski definition) is 4. The van der Waals surface area contributed by atoms with Gasteiger partial charge >= 0.3 is 0 Å². The van der Waals surface area contributed by atoms with Gasteiger partial charge in [-0.3, -0.25) is 4.79 Å². The number of nitrogens with one attached hydrogen (secondary N) is 3. The summed E-state index contributed by atoms with van der Waals surface area (Å²) in [5.74, 6) is 1.59. The molecular weight excluding hydrogens is 380 g/mol. The molecule has 4 rings (SSSR count). The molecule has 30 heavy (non-hydrogen) atoms. The van der Waals surface area contributed by atoms with Crippen LogP contribution < -0.4 is 15.1 Å². The molecule has 0 aliphatic carbocycles. The van der Waals surface area contributed by atoms with E-state index in [1.54, 1.807) is 4.68 Å². The lowest BCUT2D eigenvalue weighted by molar-refractivity contribution is -1.02. The van der Waals surface area contributed by atoms with E-state index in [9.17, 15) is 4.79 Å². The molecule has 1 saturated heterocycles. The monoisotopic (exact) mass is 410 g/mol. The van der Waals surface area contributed by atoms with Crippen molar-refractivity contribution < 1.29 is 19.1 Å². The van der Waals surface area contributed by atoms with Crippen molar-refractivity contribution in [1.82, 2.24) is 14.9 Å². The highest BCUT2D eigenvalue weighted by Crippen LogP contribution is 2.17. The number of hydrogen-bond donors (Lipinski definition) is 3. The van der Waals surface area contributed by atoms with Gasteiger partial charge in [0.25, 0.3) is 5.91 Å². The molecule has 1 amide bonds. The minimum atomic E-state index is 0.0221. The van der Waals surface area contributed by atoms with E-state index in [2.05, 4.69) is 22.5 Å². The summed E-state index contributed by atoms with van der Waals surface area (Å²) >= 11 is 0. The molecule has 0 atom stereocenters. The largest absolute Gasteiger partial charge is 0.361 e. The number of carbonyl (C=O) groups excluding carboxylic acids is 1. The van der Waals surface area contributed by atoms with Crippen LogP contribution in [0.1, 0.15) is 22.7 Å². The van der Waals surface area contributed by atoms with Crippen LogP contribution in [0.3, 0.4) is 0 Å². The Morgan fingerprint density at radius 3 is 2.43 bits per heavy atom. The number of carbonyl (C=O) groups is 1. The SMILES string of the molecule is Cc1ccc(-n2nc(C)cc2NC(=O)C[NH+]2CC[NH+](Cc3cc(C)on3)CC2)cc1. The Bertz CT molecular complexity index is 999. The number of quaternary nitrogens is 2. The summed E-state index contributed by atoms with van der Waals surface area (Å²) in [6, 6.07) is 12.0. The van der Waals surface area contributed by atoms with Gasteiger partial charge in [0.05, 0.1) is 11.4 Å². The molecule has 158 valence electrons. The summed E-state index contributed by atoms with van der Waals surface area (Å²) in [7, 11) is 0. The summed E-state index contributed by atoms with van der Waals surface area (Å²) in [5, 5.41) is 11.7. The third-order valence-corrected chi connectivity index (χ3v) is 5.56. The molecule has 1 aromatic carbocycles. The Morgan fingerprint density at radius 2 is 1.77 bits per heavy atom. The molecule has 8 nitrogen and oxygen atoms in total. The fourth-order valence-electron chi connectivity index (χ4n) is 3.95. The lowest BCUT2D eigenvalue weighted by atomic mass is 10.2. The molecule has 0 bridgehead atoms. The predicted octanol–water partition coefficient (Wildman–Crippen LogP) is -0.292. The minimum absolute atomic E-state index is 0.0221. The number of aromatic nitrogens is 3. The molecule has 0 unspecified atom stereocenters. The van der Waals surface area contributed by atoms with Gasteiger partial charge in [-0.05, 0) is 32.9 Å². The third kappa shape index (κ3) is 4.95. The van der Waals surface area contributed by atoms with Crippen molar-refractivity contribution >= 4 is 11.7 Å². The van der Waals surface area contributed by atoms with E-state index < -0.39 is 0 Å². The summed E-state index contributed by atoms with van der Waals surface area (Å²) in [6.07, 6.45) is 0. The van der Waals surface area contributed by atoms with Crippen molar-refractivity contribution in [3.63, 3.8) is 0 Å². The van der Waals surface area contributed by atoms with Crippen LogP contribution in [-0.4, -0.2) is 53.6 Å². The van der Waals surface area contributed by atoms with Gasteiger partial charge < -0.3 is 19.6 Å². The second kappa shape index (κ2) is 8.81. The Labute approximate surface area is 176 Å². The van der Waals surface area contributed by atoms with E-state index in [1.807, 2.05) is 50.2 Å². The van der Waals surface area contributed by atoms with Crippen LogP contribution in [0.4, 0.5) is 5.82 Å². The maximum atomic E-state index is 12.7. The van der Waals surface area contributed by atoms with E-state index in [0.29, 0.717) is 12.4 Å². The van der Waals surface area contributed by atoms with Gasteiger partial charge in [0.15, 0.2) is 6.54 Å². The number of benzene rings is 1. The van der Waals surface area contributed by atoms with Crippen LogP contribution in [0.15, 0.2) is 40.9 Å². The molecule has 1 fully saturated rings. The van der Waals surface area contributed by atoms with E-state index >= 15 is 0 Å². The fourth-order valence-corrected chi connectivity index (χ4v) is 3.95. The summed E-state index contributed by atoms with van der Waals surface area (Å²) in [4.78, 5) is 15.5. The zero-order valence-corrected chi connectivity index (χ0v) is 17.9. The van der Waals surface area contributed by atoms with Crippen LogP contribution in [0.2, 0.25) is 0 Å². The Morgan fingerprint density at radius 1 is 1.07 bits per heavy atom. The van der Waals surface area contributed by atoms with Gasteiger partial charge in [-0.15, -0.1) is 0 Å². The summed E-state index contributed by atoms with van der Waals surface area (Å²) < 4.78 is 6.95. The molecular formula is C22H30N6O2+2. The van der Waals surface area contributed by atoms with Crippen molar-refractivity contribution in [2.24, 2.45) is 0 Å². The molecule has 1 aliphatic heterocycles. The number of anilines is 1. The molecule has 2 aromatic heterocycles. The molecule has 0 radical (unpaired) electrons. The highest BCUT2D eigenvalue weighted by atomic mass is 16.5. The first-order valence-electron chi connectivity index (χ1n) is 10.5. The molecule has 8 heteroatoms. The lowest BCUT2D eigenvalue weighted by Gasteiger charge is -2.28. The van der Waals surface area contributed by atoms with Crippen LogP contribution >= 0.6 is 0 Å². The van der Waals surface area contributed by atoms with Gasteiger partial charge in [0, 0.05) is 12.1 Å². The smallest absolute Gasteiger partial charge is 0.280 e. The van der Waals surface area contributed by atoms with E-state index in [4.69, 9.17) is 4.52 Å². The van der Waals surface area contributed by atoms with Crippen molar-refractivity contribution in [3.8, 4) is 5.69 Å². The average molecular weight is 411 g/mol. The topological polar surface area (TPSA) is 81.8 Å². The second-order valence-corrected chi connectivity index (χ2v) is 8.25. The summed E-state index contributed by atoms with van der Waals surface area (Å²) in [6.45, 7) is 11.2. The number of nitrogens with zero attached hydrogens (tertiary/aromatic N) is 3. The van der Waals surface area contributed by atoms with E-state index in [1.165, 1.54) is 15.4 Å². The zero-order valence-electron chi connectivity index (χ0n) is 17.9. The Kier molecular flexibility index (Phi) is 5.96. The van der Waals surface area contributed by atoms with Gasteiger partial charge in [-0.25, -0.2) is 4.68 Å². The van der Waals surface area contributed by atoms with Gasteiger partial charge in [-0.1, -0.05) is 22.9 Å². The highest BCUT2D eigenvalue weighted by Gasteiger charge is 2.26. The minimum Gasteiger partial charge on any atom is -0.361 e. The maximum Gasteiger partial charge on any atom is 0.280 e. The van der Waals surface area contributed by atoms with Crippen molar-refractivity contribution in [2.75, 3.05) is 38.0 Å². The number of aryl methyl sites for hydroxylation is 3. The maximum absolute atomic E-state index is 12.7. The molecule has 1 aliphatic rings. The van der Waals surface area contributed by atoms with E-state index in [0.717, 1.165) is 55.6 Å². The van der Waals surface area contributed by atoms with Gasteiger partial charge in [0.2, 0.25) is 0 Å². The summed E-state index contributed by atoms with van der Waals surface area (Å²) in [5.41, 5.74) is 4.01.